The van der Waals surface area contributed by atoms with Gasteiger partial charge in [-0.2, -0.15) is 4.80 Å². The van der Waals surface area contributed by atoms with Gasteiger partial charge in [-0.3, -0.25) is 0 Å². The van der Waals surface area contributed by atoms with Crippen LogP contribution in [0.15, 0.2) is 24.3 Å². The van der Waals surface area contributed by atoms with E-state index in [1.165, 1.54) is 4.80 Å². The van der Waals surface area contributed by atoms with Gasteiger partial charge >= 0.3 is 0 Å². The predicted molar refractivity (Wildman–Crippen MR) is 59.1 cm³/mol. The average molecular weight is 219 g/mol. The molecule has 0 aliphatic carbocycles. The second-order valence-electron chi connectivity index (χ2n) is 3.26. The molecule has 0 atom stereocenters. The molecule has 0 amide bonds. The van der Waals surface area contributed by atoms with E-state index in [0.29, 0.717) is 12.4 Å². The van der Waals surface area contributed by atoms with Crippen molar-refractivity contribution in [2.45, 2.75) is 6.61 Å². The van der Waals surface area contributed by atoms with Crippen LogP contribution in [0.25, 0.3) is 0 Å². The number of aryl methyl sites for hydroxylation is 1. The van der Waals surface area contributed by atoms with Crippen LogP contribution in [0.2, 0.25) is 0 Å². The van der Waals surface area contributed by atoms with Gasteiger partial charge in [-0.25, -0.2) is 0 Å². The molecule has 0 aliphatic heterocycles. The molecule has 0 aliphatic rings. The number of rotatable bonds is 4. The lowest BCUT2D eigenvalue weighted by Gasteiger charge is -2.04. The zero-order chi connectivity index (χ0) is 11.4. The largest absolute Gasteiger partial charge is 0.485 e. The first-order valence-corrected chi connectivity index (χ1v) is 4.91. The maximum Gasteiger partial charge on any atom is 0.212 e. The van der Waals surface area contributed by atoms with E-state index < -0.39 is 0 Å². The highest BCUT2D eigenvalue weighted by Gasteiger charge is 2.01. The number of hydrogen-bond acceptors (Lipinski definition) is 5. The first kappa shape index (κ1) is 10.4. The number of nitrogens with one attached hydrogen (secondary N) is 1. The van der Waals surface area contributed by atoms with Crippen molar-refractivity contribution in [3.63, 3.8) is 0 Å². The molecular formula is C10H13N5O. The van der Waals surface area contributed by atoms with E-state index in [1.54, 1.807) is 7.05 Å². The lowest BCUT2D eigenvalue weighted by atomic mass is 10.3. The van der Waals surface area contributed by atoms with Crippen molar-refractivity contribution >= 4 is 5.69 Å². The smallest absolute Gasteiger partial charge is 0.212 e. The van der Waals surface area contributed by atoms with Crippen molar-refractivity contribution in [3.05, 3.63) is 30.1 Å². The number of anilines is 1. The molecule has 0 spiro atoms. The van der Waals surface area contributed by atoms with Gasteiger partial charge in [0.2, 0.25) is 5.82 Å². The molecular weight excluding hydrogens is 206 g/mol. The van der Waals surface area contributed by atoms with E-state index in [1.807, 2.05) is 31.3 Å². The quantitative estimate of drug-likeness (QED) is 0.825. The third-order valence-electron chi connectivity index (χ3n) is 2.06. The van der Waals surface area contributed by atoms with Crippen LogP contribution in [-0.2, 0) is 13.7 Å². The summed E-state index contributed by atoms with van der Waals surface area (Å²) in [5.41, 5.74) is 1.05. The lowest BCUT2D eigenvalue weighted by Crippen LogP contribution is -1.99. The van der Waals surface area contributed by atoms with Crippen molar-refractivity contribution in [1.82, 2.24) is 20.2 Å². The molecule has 0 fully saturated rings. The predicted octanol–water partition coefficient (Wildman–Crippen LogP) is 0.831. The fourth-order valence-corrected chi connectivity index (χ4v) is 1.25. The highest BCUT2D eigenvalue weighted by molar-refractivity contribution is 5.45. The van der Waals surface area contributed by atoms with Crippen LogP contribution in [0, 0.1) is 0 Å². The average Bonchev–Trinajstić information content (AvgIpc) is 2.73. The van der Waals surface area contributed by atoms with E-state index in [4.69, 9.17) is 4.74 Å². The van der Waals surface area contributed by atoms with Gasteiger partial charge in [-0.1, -0.05) is 0 Å². The van der Waals surface area contributed by atoms with Gasteiger partial charge in [-0.15, -0.1) is 10.2 Å². The number of ether oxygens (including phenoxy) is 1. The summed E-state index contributed by atoms with van der Waals surface area (Å²) in [6.45, 7) is 0.326. The van der Waals surface area contributed by atoms with E-state index in [-0.39, 0.29) is 0 Å². The summed E-state index contributed by atoms with van der Waals surface area (Å²) in [4.78, 5) is 1.41. The second kappa shape index (κ2) is 4.61. The Morgan fingerprint density at radius 2 is 2.06 bits per heavy atom. The summed E-state index contributed by atoms with van der Waals surface area (Å²) in [5, 5.41) is 14.6. The zero-order valence-electron chi connectivity index (χ0n) is 9.21. The van der Waals surface area contributed by atoms with Crippen molar-refractivity contribution in [2.24, 2.45) is 7.05 Å². The van der Waals surface area contributed by atoms with Gasteiger partial charge in [0.1, 0.15) is 5.75 Å². The number of nitrogens with zero attached hydrogens (tertiary/aromatic N) is 4. The fraction of sp³-hybridized carbons (Fsp3) is 0.300. The van der Waals surface area contributed by atoms with Gasteiger partial charge in [0, 0.05) is 12.7 Å². The molecule has 16 heavy (non-hydrogen) atoms. The molecule has 1 heterocycles. The zero-order valence-corrected chi connectivity index (χ0v) is 9.21. The van der Waals surface area contributed by atoms with Crippen LogP contribution in [0.5, 0.6) is 5.75 Å². The van der Waals surface area contributed by atoms with Crippen LogP contribution in [-0.4, -0.2) is 27.3 Å². The number of aromatic nitrogens is 4. The molecule has 6 nitrogen and oxygen atoms in total. The minimum atomic E-state index is 0.326. The highest BCUT2D eigenvalue weighted by Crippen LogP contribution is 2.15. The highest BCUT2D eigenvalue weighted by atomic mass is 16.5. The third-order valence-corrected chi connectivity index (χ3v) is 2.06. The summed E-state index contributed by atoms with van der Waals surface area (Å²) >= 11 is 0. The Morgan fingerprint density at radius 3 is 2.62 bits per heavy atom. The number of hydrogen-bond donors (Lipinski definition) is 1. The molecule has 0 bridgehead atoms. The van der Waals surface area contributed by atoms with E-state index in [0.717, 1.165) is 11.4 Å². The Bertz CT molecular complexity index is 450. The fourth-order valence-electron chi connectivity index (χ4n) is 1.25. The SMILES string of the molecule is CNc1ccc(OCc2nnn(C)n2)cc1. The first-order chi connectivity index (χ1) is 7.78. The molecule has 0 radical (unpaired) electrons. The van der Waals surface area contributed by atoms with Gasteiger partial charge in [0.05, 0.1) is 7.05 Å². The van der Waals surface area contributed by atoms with Crippen molar-refractivity contribution in [1.29, 1.82) is 0 Å². The maximum atomic E-state index is 5.50. The van der Waals surface area contributed by atoms with E-state index in [2.05, 4.69) is 20.7 Å². The van der Waals surface area contributed by atoms with Crippen LogP contribution in [0.4, 0.5) is 5.69 Å². The molecule has 84 valence electrons. The summed E-state index contributed by atoms with van der Waals surface area (Å²) in [6, 6.07) is 7.67. The molecule has 0 unspecified atom stereocenters. The molecule has 0 saturated carbocycles. The molecule has 1 N–H and O–H groups in total. The Labute approximate surface area is 93.2 Å². The Balaban J connectivity index is 1.94. The van der Waals surface area contributed by atoms with Crippen molar-refractivity contribution in [2.75, 3.05) is 12.4 Å². The van der Waals surface area contributed by atoms with Crippen LogP contribution >= 0.6 is 0 Å². The summed E-state index contributed by atoms with van der Waals surface area (Å²) < 4.78 is 5.50. The molecule has 2 aromatic rings. The Kier molecular flexibility index (Phi) is 3.00. The topological polar surface area (TPSA) is 64.9 Å². The minimum Gasteiger partial charge on any atom is -0.485 e. The third kappa shape index (κ3) is 2.47. The van der Waals surface area contributed by atoms with Crippen LogP contribution in [0.3, 0.4) is 0 Å². The Hall–Kier alpha value is -2.11. The summed E-state index contributed by atoms with van der Waals surface area (Å²) in [7, 11) is 3.59. The standard InChI is InChI=1S/C10H13N5O/c1-11-8-3-5-9(6-4-8)16-7-10-12-14-15(2)13-10/h3-6,11H,7H2,1-2H3. The van der Waals surface area contributed by atoms with Crippen LogP contribution in [0.1, 0.15) is 5.82 Å². The molecule has 0 saturated heterocycles. The second-order valence-corrected chi connectivity index (χ2v) is 3.26. The molecule has 1 aromatic carbocycles. The normalized spacial score (nSPS) is 10.1. The first-order valence-electron chi connectivity index (χ1n) is 4.91. The molecule has 2 rings (SSSR count). The summed E-state index contributed by atoms with van der Waals surface area (Å²) in [5.74, 6) is 1.35. The number of benzene rings is 1. The monoisotopic (exact) mass is 219 g/mol. The van der Waals surface area contributed by atoms with E-state index in [9.17, 15) is 0 Å². The van der Waals surface area contributed by atoms with Crippen LogP contribution < -0.4 is 10.1 Å². The van der Waals surface area contributed by atoms with Crippen molar-refractivity contribution < 1.29 is 4.74 Å². The van der Waals surface area contributed by atoms with Gasteiger partial charge in [0.25, 0.3) is 0 Å². The van der Waals surface area contributed by atoms with Crippen molar-refractivity contribution in [3.8, 4) is 5.75 Å². The molecule has 6 heteroatoms. The summed E-state index contributed by atoms with van der Waals surface area (Å²) in [6.07, 6.45) is 0. The lowest BCUT2D eigenvalue weighted by molar-refractivity contribution is 0.295. The maximum absolute atomic E-state index is 5.50. The van der Waals surface area contributed by atoms with Gasteiger partial charge in [0.15, 0.2) is 6.61 Å². The minimum absolute atomic E-state index is 0.326. The van der Waals surface area contributed by atoms with Gasteiger partial charge in [-0.05, 0) is 29.5 Å². The molecule has 1 aromatic heterocycles. The van der Waals surface area contributed by atoms with E-state index >= 15 is 0 Å². The Morgan fingerprint density at radius 1 is 1.31 bits per heavy atom. The number of tetrazole rings is 1. The van der Waals surface area contributed by atoms with Gasteiger partial charge < -0.3 is 10.1 Å².